The Morgan fingerprint density at radius 2 is 2.22 bits per heavy atom. The van der Waals surface area contributed by atoms with Gasteiger partial charge in [0.05, 0.1) is 19.3 Å². The molecule has 1 aromatic carbocycles. The van der Waals surface area contributed by atoms with Crippen molar-refractivity contribution >= 4 is 23.8 Å². The van der Waals surface area contributed by atoms with E-state index in [-0.39, 0.29) is 6.09 Å². The number of anilines is 1. The number of carbonyl (C=O) groups excluding carboxylic acids is 2. The number of ether oxygens (including phenoxy) is 2. The van der Waals surface area contributed by atoms with Crippen LogP contribution in [-0.4, -0.2) is 32.3 Å². The number of carbonyl (C=O) groups is 2. The highest BCUT2D eigenvalue weighted by Gasteiger charge is 2.24. The fourth-order valence-electron chi connectivity index (χ4n) is 1.71. The standard InChI is InChI=1S/C13H13NO4/c1-17-12(15)7-6-10-4-2-3-5-11(10)14-8-9-18-13(14)16/h2-7H,8-9H2,1H3/b7-6+. The van der Waals surface area contributed by atoms with Gasteiger partial charge in [-0.25, -0.2) is 9.59 Å². The molecule has 1 fully saturated rings. The van der Waals surface area contributed by atoms with Gasteiger partial charge in [-0.05, 0) is 17.7 Å². The van der Waals surface area contributed by atoms with E-state index in [9.17, 15) is 9.59 Å². The first-order valence-electron chi connectivity index (χ1n) is 5.51. The number of rotatable bonds is 3. The monoisotopic (exact) mass is 247 g/mol. The topological polar surface area (TPSA) is 55.8 Å². The van der Waals surface area contributed by atoms with Crippen LogP contribution in [0.25, 0.3) is 6.08 Å². The summed E-state index contributed by atoms with van der Waals surface area (Å²) in [7, 11) is 1.32. The number of amides is 1. The lowest BCUT2D eigenvalue weighted by Gasteiger charge is -2.15. The minimum Gasteiger partial charge on any atom is -0.466 e. The zero-order valence-electron chi connectivity index (χ0n) is 9.96. The minimum absolute atomic E-state index is 0.367. The summed E-state index contributed by atoms with van der Waals surface area (Å²) in [4.78, 5) is 24.1. The summed E-state index contributed by atoms with van der Waals surface area (Å²) in [5.74, 6) is -0.436. The summed E-state index contributed by atoms with van der Waals surface area (Å²) in [6.45, 7) is 0.899. The van der Waals surface area contributed by atoms with Crippen LogP contribution in [0.15, 0.2) is 30.3 Å². The van der Waals surface area contributed by atoms with E-state index in [4.69, 9.17) is 4.74 Å². The fourth-order valence-corrected chi connectivity index (χ4v) is 1.71. The van der Waals surface area contributed by atoms with Gasteiger partial charge in [-0.1, -0.05) is 18.2 Å². The van der Waals surface area contributed by atoms with Gasteiger partial charge in [0.25, 0.3) is 0 Å². The lowest BCUT2D eigenvalue weighted by Crippen LogP contribution is -2.24. The molecule has 0 bridgehead atoms. The molecule has 1 heterocycles. The van der Waals surface area contributed by atoms with Crippen molar-refractivity contribution in [2.45, 2.75) is 0 Å². The molecule has 18 heavy (non-hydrogen) atoms. The smallest absolute Gasteiger partial charge is 0.414 e. The van der Waals surface area contributed by atoms with Gasteiger partial charge in [-0.15, -0.1) is 0 Å². The van der Waals surface area contributed by atoms with E-state index in [1.807, 2.05) is 24.3 Å². The van der Waals surface area contributed by atoms with Gasteiger partial charge in [0.15, 0.2) is 0 Å². The van der Waals surface area contributed by atoms with Crippen LogP contribution >= 0.6 is 0 Å². The van der Waals surface area contributed by atoms with Crippen molar-refractivity contribution in [3.63, 3.8) is 0 Å². The molecule has 94 valence electrons. The predicted molar refractivity (Wildman–Crippen MR) is 66.2 cm³/mol. The lowest BCUT2D eigenvalue weighted by molar-refractivity contribution is -0.134. The molecule has 1 saturated heterocycles. The number of hydrogen-bond acceptors (Lipinski definition) is 4. The molecule has 0 radical (unpaired) electrons. The zero-order valence-corrected chi connectivity index (χ0v) is 9.96. The van der Waals surface area contributed by atoms with Crippen LogP contribution in [0, 0.1) is 0 Å². The van der Waals surface area contributed by atoms with Crippen molar-refractivity contribution in [2.24, 2.45) is 0 Å². The second-order valence-corrected chi connectivity index (χ2v) is 3.68. The van der Waals surface area contributed by atoms with Gasteiger partial charge < -0.3 is 9.47 Å². The third kappa shape index (κ3) is 2.51. The van der Waals surface area contributed by atoms with E-state index in [1.165, 1.54) is 18.1 Å². The number of esters is 1. The summed E-state index contributed by atoms with van der Waals surface area (Å²) < 4.78 is 9.42. The first-order valence-corrected chi connectivity index (χ1v) is 5.51. The summed E-state index contributed by atoms with van der Waals surface area (Å²) in [6.07, 6.45) is 2.57. The average Bonchev–Trinajstić information content (AvgIpc) is 2.82. The Morgan fingerprint density at radius 1 is 1.44 bits per heavy atom. The maximum Gasteiger partial charge on any atom is 0.414 e. The molecular formula is C13H13NO4. The Kier molecular flexibility index (Phi) is 3.62. The highest BCUT2D eigenvalue weighted by molar-refractivity contribution is 5.94. The first kappa shape index (κ1) is 12.2. The van der Waals surface area contributed by atoms with Crippen LogP contribution < -0.4 is 4.90 Å². The molecule has 1 aliphatic rings. The number of cyclic esters (lactones) is 1. The third-order valence-corrected chi connectivity index (χ3v) is 2.59. The van der Waals surface area contributed by atoms with E-state index in [0.29, 0.717) is 13.2 Å². The molecule has 0 spiro atoms. The van der Waals surface area contributed by atoms with Gasteiger partial charge in [0.1, 0.15) is 6.61 Å². The Balaban J connectivity index is 2.28. The molecule has 0 unspecified atom stereocenters. The quantitative estimate of drug-likeness (QED) is 0.604. The van der Waals surface area contributed by atoms with E-state index in [0.717, 1.165) is 11.3 Å². The van der Waals surface area contributed by atoms with Gasteiger partial charge in [-0.2, -0.15) is 0 Å². The summed E-state index contributed by atoms with van der Waals surface area (Å²) >= 11 is 0. The van der Waals surface area contributed by atoms with Crippen LogP contribution in [0.1, 0.15) is 5.56 Å². The number of benzene rings is 1. The highest BCUT2D eigenvalue weighted by atomic mass is 16.6. The first-order chi connectivity index (χ1) is 8.72. The van der Waals surface area contributed by atoms with Gasteiger partial charge >= 0.3 is 12.1 Å². The van der Waals surface area contributed by atoms with Crippen molar-refractivity contribution < 1.29 is 19.1 Å². The van der Waals surface area contributed by atoms with Crippen molar-refractivity contribution in [2.75, 3.05) is 25.2 Å². The highest BCUT2D eigenvalue weighted by Crippen LogP contribution is 2.24. The zero-order chi connectivity index (χ0) is 13.0. The Bertz CT molecular complexity index is 496. The summed E-state index contributed by atoms with van der Waals surface area (Å²) in [6, 6.07) is 7.29. The predicted octanol–water partition coefficient (Wildman–Crippen LogP) is 1.83. The lowest BCUT2D eigenvalue weighted by atomic mass is 10.1. The average molecular weight is 247 g/mol. The molecule has 0 atom stereocenters. The van der Waals surface area contributed by atoms with Gasteiger partial charge in [0, 0.05) is 6.08 Å². The van der Waals surface area contributed by atoms with Crippen molar-refractivity contribution in [3.05, 3.63) is 35.9 Å². The Morgan fingerprint density at radius 3 is 2.89 bits per heavy atom. The van der Waals surface area contributed by atoms with Crippen molar-refractivity contribution in [1.82, 2.24) is 0 Å². The van der Waals surface area contributed by atoms with Crippen molar-refractivity contribution in [1.29, 1.82) is 0 Å². The number of hydrogen-bond donors (Lipinski definition) is 0. The van der Waals surface area contributed by atoms with E-state index in [2.05, 4.69) is 4.74 Å². The molecule has 0 aliphatic carbocycles. The molecule has 0 aromatic heterocycles. The van der Waals surface area contributed by atoms with Gasteiger partial charge in [-0.3, -0.25) is 4.90 Å². The fraction of sp³-hybridized carbons (Fsp3) is 0.231. The van der Waals surface area contributed by atoms with Gasteiger partial charge in [0.2, 0.25) is 0 Å². The molecule has 1 amide bonds. The molecule has 2 rings (SSSR count). The third-order valence-electron chi connectivity index (χ3n) is 2.59. The number of para-hydroxylation sites is 1. The number of methoxy groups -OCH3 is 1. The molecular weight excluding hydrogens is 234 g/mol. The van der Waals surface area contributed by atoms with Crippen LogP contribution in [0.2, 0.25) is 0 Å². The maximum absolute atomic E-state index is 11.5. The van der Waals surface area contributed by atoms with Crippen LogP contribution in [0.5, 0.6) is 0 Å². The second kappa shape index (κ2) is 5.35. The molecule has 0 saturated carbocycles. The molecule has 5 nitrogen and oxygen atoms in total. The van der Waals surface area contributed by atoms with Crippen molar-refractivity contribution in [3.8, 4) is 0 Å². The minimum atomic E-state index is -0.436. The van der Waals surface area contributed by atoms with Crippen LogP contribution in [0.4, 0.5) is 10.5 Å². The molecule has 5 heteroatoms. The molecule has 1 aromatic rings. The van der Waals surface area contributed by atoms with Crippen LogP contribution in [0.3, 0.4) is 0 Å². The molecule has 1 aliphatic heterocycles. The van der Waals surface area contributed by atoms with Crippen LogP contribution in [-0.2, 0) is 14.3 Å². The molecule has 0 N–H and O–H groups in total. The largest absolute Gasteiger partial charge is 0.466 e. The SMILES string of the molecule is COC(=O)/C=C/c1ccccc1N1CCOC1=O. The maximum atomic E-state index is 11.5. The Hall–Kier alpha value is -2.30. The van der Waals surface area contributed by atoms with E-state index >= 15 is 0 Å². The normalized spacial score (nSPS) is 14.9. The van der Waals surface area contributed by atoms with E-state index < -0.39 is 5.97 Å². The van der Waals surface area contributed by atoms with E-state index in [1.54, 1.807) is 6.08 Å². The summed E-state index contributed by atoms with van der Waals surface area (Å²) in [5, 5.41) is 0. The number of nitrogens with zero attached hydrogens (tertiary/aromatic N) is 1. The second-order valence-electron chi connectivity index (χ2n) is 3.68. The summed E-state index contributed by atoms with van der Waals surface area (Å²) in [5.41, 5.74) is 1.49. The Labute approximate surface area is 105 Å².